The van der Waals surface area contributed by atoms with Crippen LogP contribution in [-0.2, 0) is 0 Å². The van der Waals surface area contributed by atoms with Crippen molar-refractivity contribution >= 4 is 5.69 Å². The average molecular weight is 403 g/mol. The van der Waals surface area contributed by atoms with Gasteiger partial charge in [0, 0.05) is 61.0 Å². The van der Waals surface area contributed by atoms with E-state index in [1.165, 1.54) is 22.5 Å². The van der Waals surface area contributed by atoms with Crippen molar-refractivity contribution in [3.63, 3.8) is 0 Å². The molecule has 0 amide bonds. The number of nitrogens with zero attached hydrogens (tertiary/aromatic N) is 2. The van der Waals surface area contributed by atoms with Crippen molar-refractivity contribution in [1.29, 1.82) is 0 Å². The lowest BCUT2D eigenvalue weighted by Crippen LogP contribution is -2.37. The molecular weight excluding hydrogens is 368 g/mol. The van der Waals surface area contributed by atoms with Crippen molar-refractivity contribution in [2.75, 3.05) is 31.1 Å². The first kappa shape index (κ1) is 20.6. The van der Waals surface area contributed by atoms with Gasteiger partial charge in [0.05, 0.1) is 0 Å². The summed E-state index contributed by atoms with van der Waals surface area (Å²) in [5.74, 6) is 1.63. The molecular formula is C27H34N2O. The molecule has 1 aliphatic carbocycles. The number of likely N-dealkylation sites (N-methyl/N-ethyl adjacent to an activating group) is 1. The van der Waals surface area contributed by atoms with Crippen molar-refractivity contribution in [2.45, 2.75) is 39.7 Å². The Labute approximate surface area is 181 Å². The topological polar surface area (TPSA) is 15.7 Å². The Morgan fingerprint density at radius 2 is 1.53 bits per heavy atom. The second-order valence-electron chi connectivity index (χ2n) is 8.07. The zero-order valence-electron chi connectivity index (χ0n) is 18.7. The van der Waals surface area contributed by atoms with E-state index >= 15 is 0 Å². The summed E-state index contributed by atoms with van der Waals surface area (Å²) in [6.45, 7) is 12.9. The third kappa shape index (κ3) is 3.74. The number of anilines is 1. The lowest BCUT2D eigenvalue weighted by molar-refractivity contribution is 0.161. The summed E-state index contributed by atoms with van der Waals surface area (Å²) in [7, 11) is 0. The molecule has 0 saturated heterocycles. The van der Waals surface area contributed by atoms with Gasteiger partial charge in [0.2, 0.25) is 0 Å². The standard InChI is InChI=1S/C27H34N2O/c1-5-28(6-2)21-14-16-23-25(18-21)30-26-19-22(29(7-3)8-4)15-17-24(26)27(23)20-12-10-9-11-13-20/h9-19,23,25,27H,5-8H2,1-4H3. The monoisotopic (exact) mass is 402 g/mol. The third-order valence-corrected chi connectivity index (χ3v) is 6.60. The van der Waals surface area contributed by atoms with Crippen LogP contribution in [0.2, 0.25) is 0 Å². The largest absolute Gasteiger partial charge is 0.485 e. The highest BCUT2D eigenvalue weighted by Gasteiger charge is 2.38. The number of hydrogen-bond donors (Lipinski definition) is 0. The van der Waals surface area contributed by atoms with Gasteiger partial charge in [0.1, 0.15) is 11.9 Å². The molecule has 0 radical (unpaired) electrons. The summed E-state index contributed by atoms with van der Waals surface area (Å²) < 4.78 is 6.66. The number of benzene rings is 2. The summed E-state index contributed by atoms with van der Waals surface area (Å²) in [6.07, 6.45) is 7.05. The predicted octanol–water partition coefficient (Wildman–Crippen LogP) is 5.84. The molecule has 3 heteroatoms. The summed E-state index contributed by atoms with van der Waals surface area (Å²) in [6, 6.07) is 17.7. The van der Waals surface area contributed by atoms with Crippen LogP contribution in [0.25, 0.3) is 0 Å². The van der Waals surface area contributed by atoms with E-state index in [1.54, 1.807) is 0 Å². The van der Waals surface area contributed by atoms with Crippen LogP contribution in [-0.4, -0.2) is 37.2 Å². The molecule has 4 rings (SSSR count). The molecule has 0 saturated carbocycles. The molecule has 1 heterocycles. The fourth-order valence-electron chi connectivity index (χ4n) is 4.95. The van der Waals surface area contributed by atoms with Gasteiger partial charge in [-0.25, -0.2) is 0 Å². The lowest BCUT2D eigenvalue weighted by Gasteiger charge is -2.41. The number of allylic oxidation sites excluding steroid dienone is 1. The van der Waals surface area contributed by atoms with E-state index in [-0.39, 0.29) is 6.10 Å². The number of ether oxygens (including phenoxy) is 1. The molecule has 0 fully saturated rings. The fourth-order valence-corrected chi connectivity index (χ4v) is 4.95. The molecule has 30 heavy (non-hydrogen) atoms. The van der Waals surface area contributed by atoms with Crippen LogP contribution >= 0.6 is 0 Å². The van der Waals surface area contributed by atoms with Gasteiger partial charge >= 0.3 is 0 Å². The summed E-state index contributed by atoms with van der Waals surface area (Å²) >= 11 is 0. The molecule has 0 N–H and O–H groups in total. The Bertz CT molecular complexity index is 910. The van der Waals surface area contributed by atoms with Gasteiger partial charge in [0.15, 0.2) is 0 Å². The van der Waals surface area contributed by atoms with E-state index in [1.807, 2.05) is 0 Å². The normalized spacial score (nSPS) is 21.9. The highest BCUT2D eigenvalue weighted by Crippen LogP contribution is 2.47. The molecule has 0 spiro atoms. The minimum absolute atomic E-state index is 0.0512. The Morgan fingerprint density at radius 3 is 2.20 bits per heavy atom. The van der Waals surface area contributed by atoms with Gasteiger partial charge in [-0.3, -0.25) is 0 Å². The summed E-state index contributed by atoms with van der Waals surface area (Å²) in [5.41, 5.74) is 5.17. The quantitative estimate of drug-likeness (QED) is 0.579. The number of hydrogen-bond acceptors (Lipinski definition) is 3. The Hall–Kier alpha value is -2.68. The summed E-state index contributed by atoms with van der Waals surface area (Å²) in [4.78, 5) is 4.78. The van der Waals surface area contributed by atoms with Crippen LogP contribution in [0.5, 0.6) is 5.75 Å². The highest BCUT2D eigenvalue weighted by atomic mass is 16.5. The molecule has 1 aliphatic heterocycles. The molecule has 2 aromatic rings. The zero-order valence-corrected chi connectivity index (χ0v) is 18.7. The van der Waals surface area contributed by atoms with Gasteiger partial charge in [-0.2, -0.15) is 0 Å². The second-order valence-corrected chi connectivity index (χ2v) is 8.07. The fraction of sp³-hybridized carbons (Fsp3) is 0.407. The van der Waals surface area contributed by atoms with Crippen molar-refractivity contribution in [3.05, 3.63) is 83.6 Å². The number of fused-ring (bicyclic) bond motifs is 2. The molecule has 158 valence electrons. The molecule has 3 unspecified atom stereocenters. The van der Waals surface area contributed by atoms with Gasteiger partial charge in [0.25, 0.3) is 0 Å². The van der Waals surface area contributed by atoms with Crippen LogP contribution in [0.1, 0.15) is 44.7 Å². The maximum absolute atomic E-state index is 6.66. The van der Waals surface area contributed by atoms with Gasteiger partial charge in [-0.05, 0) is 51.5 Å². The van der Waals surface area contributed by atoms with Crippen molar-refractivity contribution in [1.82, 2.24) is 4.90 Å². The van der Waals surface area contributed by atoms with Crippen molar-refractivity contribution in [3.8, 4) is 5.75 Å². The predicted molar refractivity (Wildman–Crippen MR) is 126 cm³/mol. The Balaban J connectivity index is 1.78. The molecule has 3 nitrogen and oxygen atoms in total. The van der Waals surface area contributed by atoms with Gasteiger partial charge in [-0.15, -0.1) is 0 Å². The van der Waals surface area contributed by atoms with E-state index < -0.39 is 0 Å². The molecule has 0 bridgehead atoms. The maximum Gasteiger partial charge on any atom is 0.126 e. The first-order chi connectivity index (χ1) is 14.7. The van der Waals surface area contributed by atoms with E-state index in [0.29, 0.717) is 11.8 Å². The smallest absolute Gasteiger partial charge is 0.126 e. The van der Waals surface area contributed by atoms with E-state index in [4.69, 9.17) is 4.74 Å². The van der Waals surface area contributed by atoms with Crippen LogP contribution in [0.3, 0.4) is 0 Å². The highest BCUT2D eigenvalue weighted by molar-refractivity contribution is 5.58. The van der Waals surface area contributed by atoms with Crippen molar-refractivity contribution < 1.29 is 4.74 Å². The van der Waals surface area contributed by atoms with E-state index in [9.17, 15) is 0 Å². The zero-order chi connectivity index (χ0) is 21.1. The minimum Gasteiger partial charge on any atom is -0.485 e. The maximum atomic E-state index is 6.66. The van der Waals surface area contributed by atoms with Crippen LogP contribution in [0.15, 0.2) is 72.5 Å². The number of rotatable bonds is 7. The molecule has 3 atom stereocenters. The van der Waals surface area contributed by atoms with Crippen LogP contribution < -0.4 is 9.64 Å². The second kappa shape index (κ2) is 8.99. The molecule has 2 aromatic carbocycles. The average Bonchev–Trinajstić information content (AvgIpc) is 2.79. The van der Waals surface area contributed by atoms with Crippen LogP contribution in [0.4, 0.5) is 5.69 Å². The van der Waals surface area contributed by atoms with Gasteiger partial charge in [-0.1, -0.05) is 42.5 Å². The SMILES string of the molecule is CCN(CC)C1=CC2Oc3cc(N(CC)CC)ccc3C(c3ccccc3)C2C=C1. The van der Waals surface area contributed by atoms with E-state index in [2.05, 4.69) is 104 Å². The van der Waals surface area contributed by atoms with Crippen molar-refractivity contribution in [2.24, 2.45) is 5.92 Å². The lowest BCUT2D eigenvalue weighted by atomic mass is 9.74. The minimum atomic E-state index is 0.0512. The van der Waals surface area contributed by atoms with E-state index in [0.717, 1.165) is 31.9 Å². The Kier molecular flexibility index (Phi) is 6.17. The third-order valence-electron chi connectivity index (χ3n) is 6.60. The van der Waals surface area contributed by atoms with Crippen LogP contribution in [0, 0.1) is 5.92 Å². The molecule has 2 aliphatic rings. The first-order valence-corrected chi connectivity index (χ1v) is 11.5. The first-order valence-electron chi connectivity index (χ1n) is 11.5. The van der Waals surface area contributed by atoms with Gasteiger partial charge < -0.3 is 14.5 Å². The summed E-state index contributed by atoms with van der Waals surface area (Å²) in [5, 5.41) is 0. The molecule has 0 aromatic heterocycles. The Morgan fingerprint density at radius 1 is 0.833 bits per heavy atom.